The van der Waals surface area contributed by atoms with E-state index < -0.39 is 42.7 Å². The molecular formula is C50H70ClF2N15O9S2. The molecule has 0 saturated carbocycles. The molecule has 9 rings (SSSR count). The maximum atomic E-state index is 13.6. The number of sulfonamides is 2. The number of halogens is 3. The number of amides is 1. The molecule has 4 N–H and O–H groups in total. The largest absolute Gasteiger partial charge is 0.414 e. The van der Waals surface area contributed by atoms with E-state index in [4.69, 9.17) is 11.6 Å². The molecule has 2 atom stereocenters. The van der Waals surface area contributed by atoms with Crippen LogP contribution in [0.25, 0.3) is 0 Å². The highest BCUT2D eigenvalue weighted by Crippen LogP contribution is 2.28. The van der Waals surface area contributed by atoms with Gasteiger partial charge in [0.2, 0.25) is 20.0 Å². The molecular weight excluding hydrogens is 1090 g/mol. The molecule has 29 heteroatoms. The van der Waals surface area contributed by atoms with E-state index in [0.29, 0.717) is 76.8 Å². The fourth-order valence-electron chi connectivity index (χ4n) is 9.17. The number of nitrogens with zero attached hydrogens (tertiary/aromatic N) is 11. The lowest BCUT2D eigenvalue weighted by Gasteiger charge is -2.39. The lowest BCUT2D eigenvalue weighted by atomic mass is 10.1. The molecule has 79 heavy (non-hydrogen) atoms. The Kier molecular flexibility index (Phi) is 22.2. The molecule has 0 spiro atoms. The number of anilines is 4. The highest BCUT2D eigenvalue weighted by molar-refractivity contribution is 7.92. The van der Waals surface area contributed by atoms with Crippen LogP contribution < -0.4 is 29.3 Å². The van der Waals surface area contributed by atoms with Gasteiger partial charge in [-0.3, -0.25) is 44.4 Å². The molecule has 4 aliphatic heterocycles. The fourth-order valence-corrected chi connectivity index (χ4v) is 10.3. The summed E-state index contributed by atoms with van der Waals surface area (Å²) in [4.78, 5) is 53.0. The van der Waals surface area contributed by atoms with Crippen molar-refractivity contribution in [3.63, 3.8) is 0 Å². The number of nitro groups is 1. The fraction of sp³-hybridized carbons (Fsp3) is 0.520. The number of pyridine rings is 2. The van der Waals surface area contributed by atoms with Crippen molar-refractivity contribution >= 4 is 71.8 Å². The van der Waals surface area contributed by atoms with Crippen LogP contribution in [-0.4, -0.2) is 180 Å². The molecule has 24 nitrogen and oxygen atoms in total. The number of aromatic amines is 1. The zero-order chi connectivity index (χ0) is 57.4. The second-order valence-electron chi connectivity index (χ2n) is 19.7. The van der Waals surface area contributed by atoms with Gasteiger partial charge in [0.05, 0.1) is 46.4 Å². The Hall–Kier alpha value is -6.59. The molecule has 0 aliphatic carbocycles. The number of alkyl halides is 2. The van der Waals surface area contributed by atoms with Crippen LogP contribution in [0.2, 0.25) is 0 Å². The summed E-state index contributed by atoms with van der Waals surface area (Å²) >= 11 is 4.92. The van der Waals surface area contributed by atoms with E-state index >= 15 is 0 Å². The van der Waals surface area contributed by atoms with Crippen LogP contribution in [0.3, 0.4) is 0 Å². The number of nitro benzene ring substituents is 1. The van der Waals surface area contributed by atoms with Crippen LogP contribution in [0.15, 0.2) is 73.3 Å². The number of nitrogens with one attached hydrogen (secondary N) is 4. The summed E-state index contributed by atoms with van der Waals surface area (Å²) in [6.45, 7) is 18.0. The topological polar surface area (TPSA) is 279 Å². The van der Waals surface area contributed by atoms with Crippen molar-refractivity contribution in [1.82, 2.24) is 50.0 Å². The quantitative estimate of drug-likeness (QED) is 0.0605. The van der Waals surface area contributed by atoms with Gasteiger partial charge in [0, 0.05) is 145 Å². The minimum Gasteiger partial charge on any atom is -0.414 e. The number of carbonyl (C=O) groups is 2. The lowest BCUT2D eigenvalue weighted by molar-refractivity contribution is -0.384. The smallest absolute Gasteiger partial charge is 0.409 e. The third-order valence-electron chi connectivity index (χ3n) is 13.3. The summed E-state index contributed by atoms with van der Waals surface area (Å²) in [6, 6.07) is 12.8. The third kappa shape index (κ3) is 19.9. The molecule has 0 bridgehead atoms. The highest BCUT2D eigenvalue weighted by Gasteiger charge is 2.29. The molecule has 4 aliphatic rings. The van der Waals surface area contributed by atoms with Crippen molar-refractivity contribution in [1.29, 1.82) is 0 Å². The maximum Gasteiger partial charge on any atom is 0.409 e. The van der Waals surface area contributed by atoms with Crippen molar-refractivity contribution < 1.29 is 44.9 Å². The predicted molar refractivity (Wildman–Crippen MR) is 298 cm³/mol. The van der Waals surface area contributed by atoms with E-state index in [0.717, 1.165) is 79.1 Å². The van der Waals surface area contributed by atoms with Crippen LogP contribution in [0.1, 0.15) is 62.0 Å². The van der Waals surface area contributed by atoms with E-state index in [-0.39, 0.29) is 29.3 Å². The van der Waals surface area contributed by atoms with Crippen LogP contribution in [0, 0.1) is 24.0 Å². The first kappa shape index (κ1) is 61.6. The standard InChI is InChI=1S/C22H32FN7O3S.C17H27FN4.C7H4ClNO4.C4H7N3O2S/c1-16-14-29(22(31)30-9-6-21(25-30)26-34(3,32)33)11-10-28(16)15-18-12-20(17(2)24-13-18)27-7-4-19(23)5-8-27;1-13-10-19-5-8-22(13)12-15-9-17(14(2)20-11-15)21-6-3-16(18)4-7-21;8-7(10)13-6-3-1-5(2-4-6)9(11)12;1-10(8,9)7-4-2-3-5-6-4/h6,9,12-13,16,19H,4-5,7-8,10-11,14-15H2,1-3H3,(H,25,26);9,11,13,16,19H,3-8,10,12H2,1-2H3;1-4H;2-3H,1H3,(H2,5,6,7)/t16-;13-;;/m00../s1. The molecule has 1 aromatic carbocycles. The van der Waals surface area contributed by atoms with Gasteiger partial charge in [0.25, 0.3) is 5.69 Å². The van der Waals surface area contributed by atoms with E-state index in [1.165, 1.54) is 60.0 Å². The first-order valence-electron chi connectivity index (χ1n) is 25.7. The summed E-state index contributed by atoms with van der Waals surface area (Å²) in [5.41, 5.74) is 5.57. The van der Waals surface area contributed by atoms with E-state index in [1.807, 2.05) is 26.2 Å². The van der Waals surface area contributed by atoms with Gasteiger partial charge in [0.1, 0.15) is 23.9 Å². The monoisotopic (exact) mass is 1160 g/mol. The van der Waals surface area contributed by atoms with E-state index in [2.05, 4.69) is 90.3 Å². The highest BCUT2D eigenvalue weighted by atomic mass is 35.5. The van der Waals surface area contributed by atoms with Crippen molar-refractivity contribution in [3.8, 4) is 5.75 Å². The van der Waals surface area contributed by atoms with Crippen molar-refractivity contribution in [2.75, 3.05) is 97.2 Å². The van der Waals surface area contributed by atoms with Gasteiger partial charge in [-0.2, -0.15) is 9.78 Å². The van der Waals surface area contributed by atoms with Gasteiger partial charge in [-0.1, -0.05) is 0 Å². The summed E-state index contributed by atoms with van der Waals surface area (Å²) in [5.74, 6) is 0.661. The van der Waals surface area contributed by atoms with Crippen LogP contribution in [0.4, 0.5) is 47.1 Å². The Bertz CT molecular complexity index is 3020. The molecule has 0 unspecified atom stereocenters. The van der Waals surface area contributed by atoms with E-state index in [9.17, 15) is 45.3 Å². The molecule has 8 heterocycles. The number of carbonyl (C=O) groups excluding carboxylic acids is 2. The number of hydrogen-bond acceptors (Lipinski definition) is 18. The number of benzene rings is 1. The van der Waals surface area contributed by atoms with Gasteiger partial charge in [-0.15, -0.1) is 5.10 Å². The number of piperazine rings is 2. The average Bonchev–Trinajstić information content (AvgIpc) is 4.09. The summed E-state index contributed by atoms with van der Waals surface area (Å²) in [6.07, 6.45) is 9.97. The Morgan fingerprint density at radius 2 is 1.33 bits per heavy atom. The van der Waals surface area contributed by atoms with Crippen LogP contribution in [0.5, 0.6) is 5.75 Å². The van der Waals surface area contributed by atoms with Crippen molar-refractivity contribution in [2.24, 2.45) is 0 Å². The second kappa shape index (κ2) is 28.5. The molecule has 1 amide bonds. The Balaban J connectivity index is 0.000000190. The predicted octanol–water partition coefficient (Wildman–Crippen LogP) is 6.31. The van der Waals surface area contributed by atoms with Gasteiger partial charge in [-0.05, 0) is 88.8 Å². The lowest BCUT2D eigenvalue weighted by Crippen LogP contribution is -2.54. The number of rotatable bonds is 12. The van der Waals surface area contributed by atoms with Crippen LogP contribution >= 0.6 is 11.6 Å². The summed E-state index contributed by atoms with van der Waals surface area (Å²) in [7, 11) is -6.63. The van der Waals surface area contributed by atoms with Gasteiger partial charge in [0.15, 0.2) is 5.82 Å². The zero-order valence-corrected chi connectivity index (χ0v) is 47.5. The number of hydrogen-bond donors (Lipinski definition) is 4. The Morgan fingerprint density at radius 3 is 1.80 bits per heavy atom. The van der Waals surface area contributed by atoms with Gasteiger partial charge < -0.3 is 24.8 Å². The molecule has 4 aromatic heterocycles. The number of non-ortho nitro benzene ring substituents is 1. The molecule has 4 saturated heterocycles. The number of H-pyrrole nitrogens is 1. The number of ether oxygens (including phenoxy) is 1. The average molecular weight is 1160 g/mol. The number of piperidine rings is 2. The van der Waals surface area contributed by atoms with Gasteiger partial charge in [-0.25, -0.2) is 35.2 Å². The SMILES string of the molecule is CS(=O)(=O)Nc1ccn[nH]1.Cc1ncc(CN2CCN(C(=O)n3ccc(NS(C)(=O)=O)n3)C[C@@H]2C)cc1N1CCC(F)CC1.Cc1ncc(CN2CCNC[C@@H]2C)cc1N1CCC(F)CC1.O=C(Cl)Oc1ccc([N+](=O)[O-])cc1. The summed E-state index contributed by atoms with van der Waals surface area (Å²) in [5, 5.41) is 23.7. The number of aryl methyl sites for hydroxylation is 2. The molecule has 0 radical (unpaired) electrons. The first-order valence-corrected chi connectivity index (χ1v) is 29.8. The Morgan fingerprint density at radius 1 is 0.785 bits per heavy atom. The number of aromatic nitrogens is 6. The zero-order valence-electron chi connectivity index (χ0n) is 45.1. The second-order valence-corrected chi connectivity index (χ2v) is 23.6. The minimum absolute atomic E-state index is 0.0747. The molecule has 5 aromatic rings. The summed E-state index contributed by atoms with van der Waals surface area (Å²) < 4.78 is 80.8. The van der Waals surface area contributed by atoms with E-state index in [1.54, 1.807) is 4.90 Å². The maximum absolute atomic E-state index is 13.6. The van der Waals surface area contributed by atoms with Crippen molar-refractivity contribution in [2.45, 2.75) is 90.9 Å². The Labute approximate surface area is 464 Å². The van der Waals surface area contributed by atoms with Crippen molar-refractivity contribution in [3.05, 3.63) is 106 Å². The van der Waals surface area contributed by atoms with Gasteiger partial charge >= 0.3 is 11.5 Å². The molecule has 4 fully saturated rings. The minimum atomic E-state index is -3.46. The third-order valence-corrected chi connectivity index (χ3v) is 14.6. The normalized spacial score (nSPS) is 18.7. The molecule has 432 valence electrons. The van der Waals surface area contributed by atoms with Crippen LogP contribution in [-0.2, 0) is 33.1 Å². The first-order chi connectivity index (χ1) is 37.4.